The first-order valence-corrected chi connectivity index (χ1v) is 8.23. The summed E-state index contributed by atoms with van der Waals surface area (Å²) in [6.45, 7) is 4.80. The molecule has 0 heterocycles. The van der Waals surface area contributed by atoms with Gasteiger partial charge in [0.25, 0.3) is 0 Å². The van der Waals surface area contributed by atoms with Crippen LogP contribution in [0.2, 0.25) is 0 Å². The van der Waals surface area contributed by atoms with E-state index in [4.69, 9.17) is 19.9 Å². The molecule has 0 bridgehead atoms. The van der Waals surface area contributed by atoms with Crippen molar-refractivity contribution in [2.24, 2.45) is 11.7 Å². The first-order valence-electron chi connectivity index (χ1n) is 8.23. The Kier molecular flexibility index (Phi) is 6.50. The lowest BCUT2D eigenvalue weighted by Gasteiger charge is -2.21. The molecule has 0 spiro atoms. The molecule has 4 heteroatoms. The molecule has 0 fully saturated rings. The largest absolute Gasteiger partial charge is 0.493 e. The van der Waals surface area contributed by atoms with E-state index in [-0.39, 0.29) is 6.04 Å². The number of hydrogen-bond acceptors (Lipinski definition) is 4. The Morgan fingerprint density at radius 2 is 1.54 bits per heavy atom. The lowest BCUT2D eigenvalue weighted by Crippen LogP contribution is -2.15. The van der Waals surface area contributed by atoms with Gasteiger partial charge in [0.05, 0.1) is 14.2 Å². The molecular formula is C20H27NO3. The van der Waals surface area contributed by atoms with Crippen LogP contribution in [0.5, 0.6) is 17.2 Å². The van der Waals surface area contributed by atoms with E-state index in [0.717, 1.165) is 23.3 Å². The molecule has 130 valence electrons. The third-order valence-corrected chi connectivity index (χ3v) is 3.88. The molecule has 4 nitrogen and oxygen atoms in total. The lowest BCUT2D eigenvalue weighted by molar-refractivity contribution is 0.293. The van der Waals surface area contributed by atoms with Crippen molar-refractivity contribution in [1.82, 2.24) is 0 Å². The Morgan fingerprint density at radius 3 is 2.12 bits per heavy atom. The van der Waals surface area contributed by atoms with Gasteiger partial charge in [0.1, 0.15) is 12.4 Å². The fourth-order valence-electron chi connectivity index (χ4n) is 2.66. The molecule has 0 amide bonds. The molecule has 0 aliphatic rings. The van der Waals surface area contributed by atoms with Crippen molar-refractivity contribution in [3.8, 4) is 17.2 Å². The maximum absolute atomic E-state index is 6.40. The van der Waals surface area contributed by atoms with Crippen molar-refractivity contribution >= 4 is 0 Å². The zero-order chi connectivity index (χ0) is 17.5. The average Bonchev–Trinajstić information content (AvgIpc) is 2.59. The molecule has 2 rings (SSSR count). The number of rotatable bonds is 8. The summed E-state index contributed by atoms with van der Waals surface area (Å²) >= 11 is 0. The monoisotopic (exact) mass is 329 g/mol. The second-order valence-electron chi connectivity index (χ2n) is 6.26. The molecule has 2 aromatic carbocycles. The molecule has 0 radical (unpaired) electrons. The minimum Gasteiger partial charge on any atom is -0.493 e. The van der Waals surface area contributed by atoms with Crippen LogP contribution in [0.25, 0.3) is 0 Å². The zero-order valence-corrected chi connectivity index (χ0v) is 14.9. The van der Waals surface area contributed by atoms with E-state index in [2.05, 4.69) is 13.8 Å². The maximum Gasteiger partial charge on any atom is 0.164 e. The van der Waals surface area contributed by atoms with Gasteiger partial charge in [-0.15, -0.1) is 0 Å². The third kappa shape index (κ3) is 4.65. The van der Waals surface area contributed by atoms with Crippen molar-refractivity contribution in [2.75, 3.05) is 14.2 Å². The number of ether oxygens (including phenoxy) is 3. The molecule has 2 aromatic rings. The van der Waals surface area contributed by atoms with Crippen molar-refractivity contribution in [2.45, 2.75) is 32.9 Å². The Balaban J connectivity index is 2.31. The van der Waals surface area contributed by atoms with Gasteiger partial charge in [0, 0.05) is 17.7 Å². The summed E-state index contributed by atoms with van der Waals surface area (Å²) in [5, 5.41) is 0. The van der Waals surface area contributed by atoms with Crippen LogP contribution < -0.4 is 19.9 Å². The summed E-state index contributed by atoms with van der Waals surface area (Å²) in [5.41, 5.74) is 8.45. The normalized spacial score (nSPS) is 12.1. The van der Waals surface area contributed by atoms with Crippen LogP contribution in [0.3, 0.4) is 0 Å². The molecule has 1 atom stereocenters. The van der Waals surface area contributed by atoms with E-state index in [0.29, 0.717) is 24.0 Å². The van der Waals surface area contributed by atoms with Crippen molar-refractivity contribution in [3.63, 3.8) is 0 Å². The third-order valence-electron chi connectivity index (χ3n) is 3.88. The Labute approximate surface area is 144 Å². The molecule has 24 heavy (non-hydrogen) atoms. The highest BCUT2D eigenvalue weighted by Gasteiger charge is 2.18. The Bertz CT molecular complexity index is 641. The zero-order valence-electron chi connectivity index (χ0n) is 14.9. The summed E-state index contributed by atoms with van der Waals surface area (Å²) in [6, 6.07) is 13.7. The lowest BCUT2D eigenvalue weighted by atomic mass is 9.96. The maximum atomic E-state index is 6.40. The second kappa shape index (κ2) is 8.60. The Hall–Kier alpha value is -2.20. The van der Waals surface area contributed by atoms with E-state index >= 15 is 0 Å². The first-order chi connectivity index (χ1) is 11.5. The van der Waals surface area contributed by atoms with Crippen molar-refractivity contribution in [1.29, 1.82) is 0 Å². The highest BCUT2D eigenvalue weighted by molar-refractivity contribution is 5.51. The molecule has 0 saturated carbocycles. The van der Waals surface area contributed by atoms with E-state index in [9.17, 15) is 0 Å². The first kappa shape index (κ1) is 18.1. The predicted octanol–water partition coefficient (Wildman–Crippen LogP) is 4.33. The smallest absolute Gasteiger partial charge is 0.164 e. The Morgan fingerprint density at radius 1 is 0.917 bits per heavy atom. The van der Waals surface area contributed by atoms with Crippen molar-refractivity contribution in [3.05, 3.63) is 53.6 Å². The van der Waals surface area contributed by atoms with Crippen LogP contribution in [0.1, 0.15) is 37.4 Å². The summed E-state index contributed by atoms with van der Waals surface area (Å²) < 4.78 is 16.9. The summed E-state index contributed by atoms with van der Waals surface area (Å²) in [7, 11) is 3.24. The summed E-state index contributed by atoms with van der Waals surface area (Å²) in [6.07, 6.45) is 0.872. The van der Waals surface area contributed by atoms with Crippen LogP contribution in [0.4, 0.5) is 0 Å². The van der Waals surface area contributed by atoms with E-state index in [1.54, 1.807) is 14.2 Å². The summed E-state index contributed by atoms with van der Waals surface area (Å²) in [4.78, 5) is 0. The minimum absolute atomic E-state index is 0.115. The topological polar surface area (TPSA) is 53.7 Å². The predicted molar refractivity (Wildman–Crippen MR) is 96.7 cm³/mol. The molecule has 0 unspecified atom stereocenters. The van der Waals surface area contributed by atoms with Gasteiger partial charge in [0.15, 0.2) is 11.5 Å². The van der Waals surface area contributed by atoms with Crippen molar-refractivity contribution < 1.29 is 14.2 Å². The standard InChI is InChI=1S/C20H27NO3/c1-14(2)10-17(21)16-11-19(22-3)20(23-4)12-18(16)24-13-15-8-6-5-7-9-15/h5-9,11-12,14,17H,10,13,21H2,1-4H3/t17-/m0/s1. The van der Waals surface area contributed by atoms with E-state index in [1.165, 1.54) is 0 Å². The molecule has 0 aromatic heterocycles. The van der Waals surface area contributed by atoms with Gasteiger partial charge in [-0.05, 0) is 24.0 Å². The van der Waals surface area contributed by atoms with Gasteiger partial charge < -0.3 is 19.9 Å². The highest BCUT2D eigenvalue weighted by atomic mass is 16.5. The molecule has 0 saturated heterocycles. The SMILES string of the molecule is COc1cc(OCc2ccccc2)c([C@@H](N)CC(C)C)cc1OC. The fourth-order valence-corrected chi connectivity index (χ4v) is 2.66. The van der Waals surface area contributed by atoms with Gasteiger partial charge in [-0.2, -0.15) is 0 Å². The van der Waals surface area contributed by atoms with Gasteiger partial charge in [-0.3, -0.25) is 0 Å². The molecule has 0 aliphatic heterocycles. The van der Waals surface area contributed by atoms with Gasteiger partial charge in [-0.25, -0.2) is 0 Å². The minimum atomic E-state index is -0.115. The average molecular weight is 329 g/mol. The van der Waals surface area contributed by atoms with Crippen LogP contribution >= 0.6 is 0 Å². The fraction of sp³-hybridized carbons (Fsp3) is 0.400. The van der Waals surface area contributed by atoms with E-state index < -0.39 is 0 Å². The van der Waals surface area contributed by atoms with Gasteiger partial charge >= 0.3 is 0 Å². The van der Waals surface area contributed by atoms with Crippen LogP contribution in [-0.2, 0) is 6.61 Å². The quantitative estimate of drug-likeness (QED) is 0.783. The number of methoxy groups -OCH3 is 2. The van der Waals surface area contributed by atoms with E-state index in [1.807, 2.05) is 42.5 Å². The molecular weight excluding hydrogens is 302 g/mol. The summed E-state index contributed by atoms with van der Waals surface area (Å²) in [5.74, 6) is 2.54. The highest BCUT2D eigenvalue weighted by Crippen LogP contribution is 2.38. The number of nitrogens with two attached hydrogens (primary N) is 1. The van der Waals surface area contributed by atoms with Crippen LogP contribution in [0, 0.1) is 5.92 Å². The van der Waals surface area contributed by atoms with Crippen LogP contribution in [-0.4, -0.2) is 14.2 Å². The number of benzene rings is 2. The van der Waals surface area contributed by atoms with Crippen LogP contribution in [0.15, 0.2) is 42.5 Å². The second-order valence-corrected chi connectivity index (χ2v) is 6.26. The van der Waals surface area contributed by atoms with Gasteiger partial charge in [-0.1, -0.05) is 44.2 Å². The number of hydrogen-bond donors (Lipinski definition) is 1. The molecule has 0 aliphatic carbocycles. The molecule has 2 N–H and O–H groups in total. The van der Waals surface area contributed by atoms with Gasteiger partial charge in [0.2, 0.25) is 0 Å².